The minimum absolute atomic E-state index is 0.412. The first-order valence-electron chi connectivity index (χ1n) is 5.36. The van der Waals surface area contributed by atoms with E-state index in [4.69, 9.17) is 4.74 Å². The number of hydrogen-bond donors (Lipinski definition) is 0. The lowest BCUT2D eigenvalue weighted by Crippen LogP contribution is -2.07. The van der Waals surface area contributed by atoms with Gasteiger partial charge in [-0.3, -0.25) is 0 Å². The molecule has 0 amide bonds. The molecule has 0 saturated heterocycles. The Hall–Kier alpha value is -0.250. The third-order valence-corrected chi connectivity index (χ3v) is 2.87. The molecule has 0 aliphatic carbocycles. The number of halogens is 1. The van der Waals surface area contributed by atoms with Gasteiger partial charge < -0.3 is 4.74 Å². The van der Waals surface area contributed by atoms with Crippen molar-refractivity contribution in [3.63, 3.8) is 0 Å². The van der Waals surface area contributed by atoms with Crippen LogP contribution in [0.1, 0.15) is 33.6 Å². The lowest BCUT2D eigenvalue weighted by atomic mass is 9.91. The van der Waals surface area contributed by atoms with Crippen molar-refractivity contribution >= 4 is 22.6 Å². The SMILES string of the molecule is CC(C)(C)CCCOc1ccc(I)cc1. The van der Waals surface area contributed by atoms with E-state index in [1.807, 2.05) is 12.1 Å². The molecule has 1 aromatic carbocycles. The smallest absolute Gasteiger partial charge is 0.119 e. The molecule has 15 heavy (non-hydrogen) atoms. The molecule has 0 atom stereocenters. The number of benzene rings is 1. The average Bonchev–Trinajstić information content (AvgIpc) is 2.14. The number of ether oxygens (including phenoxy) is 1. The molecule has 0 aromatic heterocycles. The molecule has 0 aliphatic heterocycles. The van der Waals surface area contributed by atoms with Crippen LogP contribution in [0, 0.1) is 8.99 Å². The summed E-state index contributed by atoms with van der Waals surface area (Å²) in [5.41, 5.74) is 0.412. The molecule has 0 N–H and O–H groups in total. The van der Waals surface area contributed by atoms with Gasteiger partial charge in [0.1, 0.15) is 5.75 Å². The summed E-state index contributed by atoms with van der Waals surface area (Å²) in [6, 6.07) is 8.19. The Balaban J connectivity index is 2.23. The minimum Gasteiger partial charge on any atom is -0.494 e. The maximum Gasteiger partial charge on any atom is 0.119 e. The molecular formula is C13H19IO. The van der Waals surface area contributed by atoms with Gasteiger partial charge in [0.05, 0.1) is 6.61 Å². The van der Waals surface area contributed by atoms with Crippen LogP contribution in [-0.2, 0) is 0 Å². The lowest BCUT2D eigenvalue weighted by Gasteiger charge is -2.17. The molecule has 84 valence electrons. The van der Waals surface area contributed by atoms with Crippen LogP contribution in [-0.4, -0.2) is 6.61 Å². The summed E-state index contributed by atoms with van der Waals surface area (Å²) < 4.78 is 6.90. The Kier molecular flexibility index (Phi) is 4.90. The third kappa shape index (κ3) is 6.03. The predicted molar refractivity (Wildman–Crippen MR) is 73.3 cm³/mol. The zero-order valence-corrected chi connectivity index (χ0v) is 11.9. The van der Waals surface area contributed by atoms with Gasteiger partial charge in [-0.2, -0.15) is 0 Å². The van der Waals surface area contributed by atoms with Crippen molar-refractivity contribution in [1.82, 2.24) is 0 Å². The zero-order valence-electron chi connectivity index (χ0n) is 9.72. The third-order valence-electron chi connectivity index (χ3n) is 2.15. The van der Waals surface area contributed by atoms with E-state index in [0.717, 1.165) is 18.8 Å². The predicted octanol–water partition coefficient (Wildman–Crippen LogP) is 4.50. The van der Waals surface area contributed by atoms with Crippen molar-refractivity contribution in [3.8, 4) is 5.75 Å². The lowest BCUT2D eigenvalue weighted by molar-refractivity contribution is 0.269. The van der Waals surface area contributed by atoms with Crippen LogP contribution in [0.4, 0.5) is 0 Å². The largest absolute Gasteiger partial charge is 0.494 e. The van der Waals surface area contributed by atoms with Gasteiger partial charge in [0.2, 0.25) is 0 Å². The summed E-state index contributed by atoms with van der Waals surface area (Å²) in [5.74, 6) is 0.976. The molecular weight excluding hydrogens is 299 g/mol. The summed E-state index contributed by atoms with van der Waals surface area (Å²) >= 11 is 2.30. The van der Waals surface area contributed by atoms with Crippen molar-refractivity contribution in [2.45, 2.75) is 33.6 Å². The molecule has 1 nitrogen and oxygen atoms in total. The first-order valence-corrected chi connectivity index (χ1v) is 6.44. The van der Waals surface area contributed by atoms with E-state index in [1.165, 1.54) is 9.99 Å². The summed E-state index contributed by atoms with van der Waals surface area (Å²) in [6.45, 7) is 7.60. The molecule has 0 bridgehead atoms. The second-order valence-electron chi connectivity index (χ2n) is 4.97. The second kappa shape index (κ2) is 5.73. The first kappa shape index (κ1) is 12.8. The highest BCUT2D eigenvalue weighted by atomic mass is 127. The number of rotatable bonds is 4. The molecule has 0 radical (unpaired) electrons. The molecule has 0 fully saturated rings. The summed E-state index contributed by atoms with van der Waals surface area (Å²) in [4.78, 5) is 0. The fraction of sp³-hybridized carbons (Fsp3) is 0.538. The summed E-state index contributed by atoms with van der Waals surface area (Å²) in [5, 5.41) is 0. The molecule has 2 heteroatoms. The second-order valence-corrected chi connectivity index (χ2v) is 6.21. The maximum atomic E-state index is 5.65. The monoisotopic (exact) mass is 318 g/mol. The molecule has 1 rings (SSSR count). The Morgan fingerprint density at radius 2 is 1.73 bits per heavy atom. The normalized spacial score (nSPS) is 11.5. The molecule has 0 unspecified atom stereocenters. The topological polar surface area (TPSA) is 9.23 Å². The fourth-order valence-corrected chi connectivity index (χ4v) is 1.68. The van der Waals surface area contributed by atoms with Gasteiger partial charge in [-0.15, -0.1) is 0 Å². The van der Waals surface area contributed by atoms with Gasteiger partial charge >= 0.3 is 0 Å². The molecule has 0 saturated carbocycles. The van der Waals surface area contributed by atoms with Crippen molar-refractivity contribution in [1.29, 1.82) is 0 Å². The number of hydrogen-bond acceptors (Lipinski definition) is 1. The van der Waals surface area contributed by atoms with Crippen molar-refractivity contribution in [2.24, 2.45) is 5.41 Å². The summed E-state index contributed by atoms with van der Waals surface area (Å²) in [6.07, 6.45) is 2.33. The van der Waals surface area contributed by atoms with Crippen LogP contribution in [0.15, 0.2) is 24.3 Å². The molecule has 0 spiro atoms. The van der Waals surface area contributed by atoms with Crippen LogP contribution >= 0.6 is 22.6 Å². The highest BCUT2D eigenvalue weighted by molar-refractivity contribution is 14.1. The van der Waals surface area contributed by atoms with E-state index < -0.39 is 0 Å². The first-order chi connectivity index (χ1) is 6.97. The van der Waals surface area contributed by atoms with Crippen molar-refractivity contribution < 1.29 is 4.74 Å². The van der Waals surface area contributed by atoms with E-state index in [1.54, 1.807) is 0 Å². The van der Waals surface area contributed by atoms with Gasteiger partial charge in [0.25, 0.3) is 0 Å². The van der Waals surface area contributed by atoms with Crippen LogP contribution in [0.25, 0.3) is 0 Å². The Labute approximate surface area is 106 Å². The molecule has 1 aromatic rings. The van der Waals surface area contributed by atoms with Gasteiger partial charge in [0, 0.05) is 3.57 Å². The van der Waals surface area contributed by atoms with Crippen LogP contribution < -0.4 is 4.74 Å². The standard InChI is InChI=1S/C13H19IO/c1-13(2,3)9-4-10-15-12-7-5-11(14)6-8-12/h5-8H,4,9-10H2,1-3H3. The van der Waals surface area contributed by atoms with Crippen LogP contribution in [0.5, 0.6) is 5.75 Å². The molecule has 0 heterocycles. The minimum atomic E-state index is 0.412. The van der Waals surface area contributed by atoms with Gasteiger partial charge in [-0.05, 0) is 65.1 Å². The van der Waals surface area contributed by atoms with Gasteiger partial charge in [-0.1, -0.05) is 20.8 Å². The van der Waals surface area contributed by atoms with Gasteiger partial charge in [-0.25, -0.2) is 0 Å². The van der Waals surface area contributed by atoms with E-state index in [2.05, 4.69) is 55.5 Å². The average molecular weight is 318 g/mol. The highest BCUT2D eigenvalue weighted by Crippen LogP contribution is 2.21. The van der Waals surface area contributed by atoms with Crippen LogP contribution in [0.2, 0.25) is 0 Å². The van der Waals surface area contributed by atoms with E-state index in [9.17, 15) is 0 Å². The van der Waals surface area contributed by atoms with E-state index >= 15 is 0 Å². The quantitative estimate of drug-likeness (QED) is 0.587. The van der Waals surface area contributed by atoms with Crippen LogP contribution in [0.3, 0.4) is 0 Å². The molecule has 0 aliphatic rings. The zero-order chi connectivity index (χ0) is 11.3. The Morgan fingerprint density at radius 3 is 2.27 bits per heavy atom. The Bertz CT molecular complexity index is 284. The Morgan fingerprint density at radius 1 is 1.13 bits per heavy atom. The van der Waals surface area contributed by atoms with E-state index in [0.29, 0.717) is 5.41 Å². The van der Waals surface area contributed by atoms with E-state index in [-0.39, 0.29) is 0 Å². The maximum absolute atomic E-state index is 5.65. The van der Waals surface area contributed by atoms with Crippen molar-refractivity contribution in [2.75, 3.05) is 6.61 Å². The van der Waals surface area contributed by atoms with Crippen molar-refractivity contribution in [3.05, 3.63) is 27.8 Å². The van der Waals surface area contributed by atoms with Gasteiger partial charge in [0.15, 0.2) is 0 Å². The highest BCUT2D eigenvalue weighted by Gasteiger charge is 2.08. The summed E-state index contributed by atoms with van der Waals surface area (Å²) in [7, 11) is 0. The fourth-order valence-electron chi connectivity index (χ4n) is 1.32.